The molecule has 1 aromatic rings. The van der Waals surface area contributed by atoms with Gasteiger partial charge in [0.15, 0.2) is 0 Å². The molecule has 88 valence electrons. The van der Waals surface area contributed by atoms with Crippen molar-refractivity contribution in [3.8, 4) is 5.75 Å². The zero-order valence-corrected chi connectivity index (χ0v) is 9.32. The van der Waals surface area contributed by atoms with E-state index in [0.29, 0.717) is 0 Å². The number of hydrogen-bond acceptors (Lipinski definition) is 5. The molecule has 1 amide bonds. The van der Waals surface area contributed by atoms with E-state index in [9.17, 15) is 18.3 Å². The van der Waals surface area contributed by atoms with Gasteiger partial charge in [0.05, 0.1) is 12.2 Å². The van der Waals surface area contributed by atoms with Crippen LogP contribution in [0.4, 0.5) is 0 Å². The fourth-order valence-corrected chi connectivity index (χ4v) is 1.73. The lowest BCUT2D eigenvalue weighted by molar-refractivity contribution is 0.0974. The molecular formula is C9H11NO5S. The summed E-state index contributed by atoms with van der Waals surface area (Å²) in [6.07, 6.45) is 0. The largest absolute Gasteiger partial charge is 0.507 e. The van der Waals surface area contributed by atoms with E-state index in [4.69, 9.17) is 0 Å². The predicted molar refractivity (Wildman–Crippen MR) is 56.1 cm³/mol. The van der Waals surface area contributed by atoms with Gasteiger partial charge in [0, 0.05) is 0 Å². The zero-order chi connectivity index (χ0) is 12.2. The van der Waals surface area contributed by atoms with Crippen LogP contribution < -0.4 is 4.72 Å². The van der Waals surface area contributed by atoms with Crippen molar-refractivity contribution in [3.05, 3.63) is 29.8 Å². The summed E-state index contributed by atoms with van der Waals surface area (Å²) in [5.41, 5.74) is -0.134. The molecule has 2 N–H and O–H groups in total. The Morgan fingerprint density at radius 2 is 2.06 bits per heavy atom. The molecule has 7 heteroatoms. The lowest BCUT2D eigenvalue weighted by atomic mass is 10.2. The van der Waals surface area contributed by atoms with Gasteiger partial charge in [-0.3, -0.25) is 8.98 Å². The lowest BCUT2D eigenvalue weighted by Crippen LogP contribution is -2.32. The Kier molecular flexibility index (Phi) is 3.86. The van der Waals surface area contributed by atoms with Crippen LogP contribution in [0.3, 0.4) is 0 Å². The minimum absolute atomic E-state index is 0.0800. The molecule has 0 saturated carbocycles. The van der Waals surface area contributed by atoms with Crippen molar-refractivity contribution in [1.29, 1.82) is 0 Å². The number of aromatic hydroxyl groups is 1. The SMILES string of the molecule is CCOS(=O)(=O)NC(=O)c1ccccc1O. The highest BCUT2D eigenvalue weighted by Crippen LogP contribution is 2.15. The van der Waals surface area contributed by atoms with E-state index < -0.39 is 16.2 Å². The molecule has 6 nitrogen and oxygen atoms in total. The van der Waals surface area contributed by atoms with Gasteiger partial charge in [0.25, 0.3) is 5.91 Å². The second kappa shape index (κ2) is 4.95. The molecule has 0 radical (unpaired) electrons. The fraction of sp³-hybridized carbons (Fsp3) is 0.222. The molecule has 0 saturated heterocycles. The molecule has 0 aliphatic carbocycles. The summed E-state index contributed by atoms with van der Waals surface area (Å²) in [6, 6.07) is 5.60. The molecule has 0 aliphatic rings. The van der Waals surface area contributed by atoms with Crippen molar-refractivity contribution >= 4 is 16.2 Å². The molecule has 0 bridgehead atoms. The van der Waals surface area contributed by atoms with Crippen LogP contribution in [0, 0.1) is 0 Å². The zero-order valence-electron chi connectivity index (χ0n) is 8.50. The number of nitrogens with one attached hydrogen (secondary N) is 1. The standard InChI is InChI=1S/C9H11NO5S/c1-2-15-16(13,14)10-9(12)7-5-3-4-6-8(7)11/h3-6,11H,2H2,1H3,(H,10,12). The second-order valence-corrected chi connectivity index (χ2v) is 4.16. The highest BCUT2D eigenvalue weighted by molar-refractivity contribution is 7.85. The van der Waals surface area contributed by atoms with E-state index in [1.54, 1.807) is 4.72 Å². The van der Waals surface area contributed by atoms with Crippen molar-refractivity contribution < 1.29 is 22.5 Å². The minimum atomic E-state index is -4.11. The van der Waals surface area contributed by atoms with Gasteiger partial charge in [-0.15, -0.1) is 0 Å². The van der Waals surface area contributed by atoms with Crippen LogP contribution in [0.25, 0.3) is 0 Å². The van der Waals surface area contributed by atoms with Gasteiger partial charge in [-0.25, -0.2) is 4.72 Å². The first kappa shape index (κ1) is 12.5. The molecular weight excluding hydrogens is 234 g/mol. The lowest BCUT2D eigenvalue weighted by Gasteiger charge is -2.06. The van der Waals surface area contributed by atoms with E-state index in [-0.39, 0.29) is 17.9 Å². The Balaban J connectivity index is 2.85. The number of phenols is 1. The molecule has 1 aromatic carbocycles. The van der Waals surface area contributed by atoms with Gasteiger partial charge in [-0.05, 0) is 19.1 Å². The predicted octanol–water partition coefficient (Wildman–Crippen LogP) is 0.403. The van der Waals surface area contributed by atoms with Crippen molar-refractivity contribution in [2.45, 2.75) is 6.92 Å². The third kappa shape index (κ3) is 3.21. The topological polar surface area (TPSA) is 92.7 Å². The highest BCUT2D eigenvalue weighted by atomic mass is 32.2. The van der Waals surface area contributed by atoms with E-state index in [1.807, 2.05) is 0 Å². The monoisotopic (exact) mass is 245 g/mol. The van der Waals surface area contributed by atoms with Crippen molar-refractivity contribution in [1.82, 2.24) is 4.72 Å². The van der Waals surface area contributed by atoms with Crippen LogP contribution in [0.1, 0.15) is 17.3 Å². The Morgan fingerprint density at radius 1 is 1.44 bits per heavy atom. The maximum absolute atomic E-state index is 11.4. The number of carbonyl (C=O) groups is 1. The van der Waals surface area contributed by atoms with Crippen LogP contribution in [0.2, 0.25) is 0 Å². The summed E-state index contributed by atoms with van der Waals surface area (Å²) in [7, 11) is -4.11. The molecule has 0 heterocycles. The first-order valence-corrected chi connectivity index (χ1v) is 5.86. The average molecular weight is 245 g/mol. The van der Waals surface area contributed by atoms with Crippen LogP contribution in [0.15, 0.2) is 24.3 Å². The first-order chi connectivity index (χ1) is 7.46. The van der Waals surface area contributed by atoms with Crippen molar-refractivity contribution in [2.24, 2.45) is 0 Å². The Hall–Kier alpha value is -1.60. The third-order valence-electron chi connectivity index (χ3n) is 1.64. The van der Waals surface area contributed by atoms with E-state index in [0.717, 1.165) is 0 Å². The smallest absolute Gasteiger partial charge is 0.362 e. The molecule has 1 rings (SSSR count). The van der Waals surface area contributed by atoms with Crippen molar-refractivity contribution in [2.75, 3.05) is 6.61 Å². The normalized spacial score (nSPS) is 11.1. The number of benzene rings is 1. The average Bonchev–Trinajstić information content (AvgIpc) is 2.17. The minimum Gasteiger partial charge on any atom is -0.507 e. The van der Waals surface area contributed by atoms with E-state index >= 15 is 0 Å². The molecule has 0 aliphatic heterocycles. The number of amides is 1. The van der Waals surface area contributed by atoms with Crippen LogP contribution in [0.5, 0.6) is 5.75 Å². The number of hydrogen-bond donors (Lipinski definition) is 2. The quantitative estimate of drug-likeness (QED) is 0.801. The molecule has 0 aromatic heterocycles. The molecule has 0 unspecified atom stereocenters. The maximum atomic E-state index is 11.4. The van der Waals surface area contributed by atoms with Crippen LogP contribution >= 0.6 is 0 Å². The van der Waals surface area contributed by atoms with Crippen LogP contribution in [-0.2, 0) is 14.5 Å². The Morgan fingerprint density at radius 3 is 2.62 bits per heavy atom. The fourth-order valence-electron chi connectivity index (χ4n) is 1.02. The van der Waals surface area contributed by atoms with Gasteiger partial charge < -0.3 is 5.11 Å². The Labute approximate surface area is 93.1 Å². The maximum Gasteiger partial charge on any atom is 0.362 e. The molecule has 0 fully saturated rings. The van der Waals surface area contributed by atoms with Gasteiger partial charge >= 0.3 is 10.3 Å². The molecule has 0 spiro atoms. The summed E-state index contributed by atoms with van der Waals surface area (Å²) in [5, 5.41) is 9.31. The summed E-state index contributed by atoms with van der Waals surface area (Å²) < 4.78 is 28.2. The summed E-state index contributed by atoms with van der Waals surface area (Å²) >= 11 is 0. The second-order valence-electron chi connectivity index (χ2n) is 2.81. The van der Waals surface area contributed by atoms with Gasteiger partial charge in [0.1, 0.15) is 5.75 Å². The van der Waals surface area contributed by atoms with Crippen LogP contribution in [-0.4, -0.2) is 26.0 Å². The Bertz CT molecular complexity index is 482. The number of rotatable bonds is 4. The number of carbonyl (C=O) groups excluding carboxylic acids is 1. The van der Waals surface area contributed by atoms with Crippen molar-refractivity contribution in [3.63, 3.8) is 0 Å². The summed E-state index contributed by atoms with van der Waals surface area (Å²) in [5.74, 6) is -1.24. The number of phenolic OH excluding ortho intramolecular Hbond substituents is 1. The summed E-state index contributed by atoms with van der Waals surface area (Å²) in [6.45, 7) is 1.40. The van der Waals surface area contributed by atoms with E-state index in [1.165, 1.54) is 31.2 Å². The summed E-state index contributed by atoms with van der Waals surface area (Å²) in [4.78, 5) is 11.4. The third-order valence-corrected chi connectivity index (χ3v) is 2.62. The number of para-hydroxylation sites is 1. The van der Waals surface area contributed by atoms with Gasteiger partial charge in [-0.2, -0.15) is 8.42 Å². The van der Waals surface area contributed by atoms with E-state index in [2.05, 4.69) is 4.18 Å². The molecule has 16 heavy (non-hydrogen) atoms. The molecule has 0 atom stereocenters. The highest BCUT2D eigenvalue weighted by Gasteiger charge is 2.18. The van der Waals surface area contributed by atoms with Gasteiger partial charge in [0.2, 0.25) is 0 Å². The first-order valence-electron chi connectivity index (χ1n) is 4.45. The van der Waals surface area contributed by atoms with Gasteiger partial charge in [-0.1, -0.05) is 12.1 Å².